The molecule has 0 amide bonds. The molecular formula is C18H20Cl3N5O4S. The van der Waals surface area contributed by atoms with Gasteiger partial charge in [0, 0.05) is 30.6 Å². The van der Waals surface area contributed by atoms with Crippen molar-refractivity contribution in [3.8, 4) is 0 Å². The highest BCUT2D eigenvalue weighted by Gasteiger charge is 2.42. The zero-order chi connectivity index (χ0) is 22.3. The van der Waals surface area contributed by atoms with E-state index in [1.54, 1.807) is 5.01 Å². The second kappa shape index (κ2) is 8.74. The van der Waals surface area contributed by atoms with Crippen LogP contribution in [0.25, 0.3) is 0 Å². The van der Waals surface area contributed by atoms with Crippen molar-refractivity contribution in [2.45, 2.75) is 36.6 Å². The van der Waals surface area contributed by atoms with Crippen molar-refractivity contribution in [1.29, 1.82) is 5.41 Å². The van der Waals surface area contributed by atoms with Gasteiger partial charge in [-0.05, 0) is 47.9 Å². The molecule has 1 aromatic heterocycles. The van der Waals surface area contributed by atoms with Crippen LogP contribution in [0, 0.1) is 11.3 Å². The number of halogens is 3. The first-order chi connectivity index (χ1) is 14.7. The average molecular weight is 509 g/mol. The third-order valence-electron chi connectivity index (χ3n) is 5.73. The number of nitrogens with zero attached hydrogens (tertiary/aromatic N) is 4. The maximum atomic E-state index is 13.4. The second-order valence-electron chi connectivity index (χ2n) is 7.58. The summed E-state index contributed by atoms with van der Waals surface area (Å²) in [7, 11) is -3.97. The lowest BCUT2D eigenvalue weighted by Gasteiger charge is -2.41. The predicted octanol–water partition coefficient (Wildman–Crippen LogP) is 1.73. The van der Waals surface area contributed by atoms with Crippen LogP contribution < -0.4 is 20.6 Å². The minimum atomic E-state index is -3.97. The van der Waals surface area contributed by atoms with Crippen molar-refractivity contribution in [3.63, 3.8) is 0 Å². The quantitative estimate of drug-likeness (QED) is 0.616. The molecule has 0 spiro atoms. The third-order valence-corrected chi connectivity index (χ3v) is 8.63. The molecule has 31 heavy (non-hydrogen) atoms. The highest BCUT2D eigenvalue weighted by atomic mass is 35.5. The smallest absolute Gasteiger partial charge is 0.360 e. The fraction of sp³-hybridized carbons (Fsp3) is 0.500. The Bertz CT molecular complexity index is 1160. The summed E-state index contributed by atoms with van der Waals surface area (Å²) in [6.07, 6.45) is 3.44. The van der Waals surface area contributed by atoms with E-state index < -0.39 is 16.1 Å². The molecule has 2 aromatic rings. The Balaban J connectivity index is 1.68. The summed E-state index contributed by atoms with van der Waals surface area (Å²) < 4.78 is 32.7. The number of hydrogen-bond donors (Lipinski definition) is 1. The van der Waals surface area contributed by atoms with Gasteiger partial charge in [-0.25, -0.2) is 8.42 Å². The van der Waals surface area contributed by atoms with Crippen LogP contribution >= 0.6 is 34.8 Å². The number of ketones is 1. The van der Waals surface area contributed by atoms with E-state index in [9.17, 15) is 13.2 Å². The molecule has 1 atom stereocenters. The van der Waals surface area contributed by atoms with Crippen molar-refractivity contribution in [2.24, 2.45) is 5.92 Å². The van der Waals surface area contributed by atoms with Crippen molar-refractivity contribution in [3.05, 3.63) is 39.0 Å². The Kier molecular flexibility index (Phi) is 6.37. The van der Waals surface area contributed by atoms with Gasteiger partial charge in [-0.15, -0.1) is 0 Å². The van der Waals surface area contributed by atoms with E-state index in [1.165, 1.54) is 27.3 Å². The summed E-state index contributed by atoms with van der Waals surface area (Å²) in [4.78, 5) is 14.5. The molecule has 1 saturated heterocycles. The number of benzene rings is 1. The Hall–Kier alpha value is -1.59. The predicted molar refractivity (Wildman–Crippen MR) is 112 cm³/mol. The molecule has 1 aromatic carbocycles. The maximum absolute atomic E-state index is 13.4. The van der Waals surface area contributed by atoms with Gasteiger partial charge in [0.2, 0.25) is 10.0 Å². The van der Waals surface area contributed by atoms with Crippen LogP contribution in [-0.4, -0.2) is 44.2 Å². The molecule has 1 aliphatic carbocycles. The Morgan fingerprint density at radius 2 is 1.90 bits per heavy atom. The Labute approximate surface area is 193 Å². The standard InChI is InChI=1S/C18H20Cl3N5O4S/c19-12-5-6-15(13(20)9-12)31(28,29)24-7-8-25(26-17(21)18(22)30-23-26)14(10-24)16(27)11-3-1-2-4-11/h5-6,9,11,14,22H,1-4,7-8,10H2. The van der Waals surface area contributed by atoms with Gasteiger partial charge >= 0.3 is 10.7 Å². The van der Waals surface area contributed by atoms with Gasteiger partial charge in [-0.2, -0.15) is 4.31 Å². The average Bonchev–Trinajstić information content (AvgIpc) is 3.38. The van der Waals surface area contributed by atoms with Crippen molar-refractivity contribution >= 4 is 50.6 Å². The van der Waals surface area contributed by atoms with Crippen LogP contribution in [0.5, 0.6) is 0 Å². The topological polar surface area (TPSA) is 113 Å². The van der Waals surface area contributed by atoms with Crippen molar-refractivity contribution in [1.82, 2.24) is 9.58 Å². The molecule has 1 unspecified atom stereocenters. The van der Waals surface area contributed by atoms with Crippen LogP contribution in [0.1, 0.15) is 25.7 Å². The summed E-state index contributed by atoms with van der Waals surface area (Å²) in [6, 6.07) is 3.35. The lowest BCUT2D eigenvalue weighted by Crippen LogP contribution is -2.73. The number of nitrogens with one attached hydrogen (secondary N) is 1. The van der Waals surface area contributed by atoms with Gasteiger partial charge in [0.05, 0.1) is 11.1 Å². The van der Waals surface area contributed by atoms with Gasteiger partial charge in [0.25, 0.3) is 0 Å². The van der Waals surface area contributed by atoms with Gasteiger partial charge in [0.15, 0.2) is 0 Å². The van der Waals surface area contributed by atoms with E-state index in [1.807, 2.05) is 0 Å². The van der Waals surface area contributed by atoms with Crippen LogP contribution in [0.2, 0.25) is 15.2 Å². The van der Waals surface area contributed by atoms with Gasteiger partial charge < -0.3 is 4.52 Å². The molecule has 4 rings (SSSR count). The number of hydrogen-bond acceptors (Lipinski definition) is 6. The summed E-state index contributed by atoms with van der Waals surface area (Å²) >= 11 is 18.2. The molecule has 2 heterocycles. The number of aromatic nitrogens is 2. The maximum Gasteiger partial charge on any atom is 0.360 e. The van der Waals surface area contributed by atoms with Crippen LogP contribution in [0.15, 0.2) is 27.6 Å². The number of piperazine rings is 1. The minimum Gasteiger partial charge on any atom is -0.379 e. The van der Waals surface area contributed by atoms with Gasteiger partial charge in [0.1, 0.15) is 10.7 Å². The lowest BCUT2D eigenvalue weighted by atomic mass is 9.95. The van der Waals surface area contributed by atoms with Crippen LogP contribution in [0.3, 0.4) is 0 Å². The van der Waals surface area contributed by atoms with E-state index in [2.05, 4.69) is 5.27 Å². The van der Waals surface area contributed by atoms with E-state index in [-0.39, 0.29) is 52.0 Å². The van der Waals surface area contributed by atoms with Crippen LogP contribution in [0.4, 0.5) is 0 Å². The molecule has 2 fully saturated rings. The molecular weight excluding hydrogens is 489 g/mol. The zero-order valence-corrected chi connectivity index (χ0v) is 19.4. The molecule has 13 heteroatoms. The second-order valence-corrected chi connectivity index (χ2v) is 10.7. The van der Waals surface area contributed by atoms with Crippen molar-refractivity contribution in [2.75, 3.05) is 24.6 Å². The summed E-state index contributed by atoms with van der Waals surface area (Å²) in [5.41, 5.74) is -0.336. The van der Waals surface area contributed by atoms with Crippen LogP contribution in [-0.2, 0) is 14.8 Å². The minimum absolute atomic E-state index is 0.0152. The first-order valence-corrected chi connectivity index (χ1v) is 12.3. The first kappa shape index (κ1) is 22.6. The molecule has 2 aliphatic rings. The zero-order valence-electron chi connectivity index (χ0n) is 16.3. The number of carbonyl (C=O) groups excluding carboxylic acids is 1. The summed E-state index contributed by atoms with van der Waals surface area (Å²) in [6.45, 7) is 0.101. The van der Waals surface area contributed by atoms with Gasteiger partial charge in [-0.3, -0.25) is 15.2 Å². The number of carbonyl (C=O) groups is 1. The van der Waals surface area contributed by atoms with Crippen molar-refractivity contribution < 1.29 is 22.5 Å². The fourth-order valence-electron chi connectivity index (χ4n) is 4.14. The number of sulfonamides is 1. The SMILES string of the molecule is N=c1o[n-][n+](N2CCN(S(=O)(=O)c3ccc(Cl)cc3Cl)CC2C(=O)C2CCCC2)c1Cl. The highest BCUT2D eigenvalue weighted by Crippen LogP contribution is 2.31. The van der Waals surface area contributed by atoms with E-state index in [0.717, 1.165) is 25.7 Å². The van der Waals surface area contributed by atoms with Gasteiger partial charge in [-0.1, -0.05) is 40.8 Å². The monoisotopic (exact) mass is 507 g/mol. The van der Waals surface area contributed by atoms with E-state index >= 15 is 0 Å². The molecule has 0 bridgehead atoms. The molecule has 9 nitrogen and oxygen atoms in total. The molecule has 1 aliphatic heterocycles. The molecule has 168 valence electrons. The lowest BCUT2D eigenvalue weighted by molar-refractivity contribution is -0.764. The molecule has 0 radical (unpaired) electrons. The highest BCUT2D eigenvalue weighted by molar-refractivity contribution is 7.89. The Morgan fingerprint density at radius 3 is 2.52 bits per heavy atom. The fourth-order valence-corrected chi connectivity index (χ4v) is 6.49. The van der Waals surface area contributed by atoms with E-state index in [4.69, 9.17) is 44.7 Å². The number of Topliss-reactive ketones (excluding diaryl/α,β-unsaturated/α-hetero) is 1. The normalized spacial score (nSPS) is 21.0. The molecule has 1 saturated carbocycles. The number of rotatable bonds is 5. The summed E-state index contributed by atoms with van der Waals surface area (Å²) in [5, 5.41) is 13.3. The summed E-state index contributed by atoms with van der Waals surface area (Å²) in [5.74, 6) is -0.228. The van der Waals surface area contributed by atoms with E-state index in [0.29, 0.717) is 5.02 Å². The third kappa shape index (κ3) is 4.23. The largest absolute Gasteiger partial charge is 0.379 e. The first-order valence-electron chi connectivity index (χ1n) is 9.75. The Morgan fingerprint density at radius 1 is 1.19 bits per heavy atom. The molecule has 1 N–H and O–H groups in total.